The molecule has 5 nitrogen and oxygen atoms in total. The second-order valence-corrected chi connectivity index (χ2v) is 9.18. The Labute approximate surface area is 200 Å². The first-order valence-electron chi connectivity index (χ1n) is 11.6. The van der Waals surface area contributed by atoms with E-state index in [1.54, 1.807) is 25.1 Å². The van der Waals surface area contributed by atoms with E-state index < -0.39 is 5.82 Å². The lowest BCUT2D eigenvalue weighted by Gasteiger charge is -2.26. The van der Waals surface area contributed by atoms with Crippen molar-refractivity contribution in [1.82, 2.24) is 4.57 Å². The van der Waals surface area contributed by atoms with Crippen LogP contribution < -0.4 is 0 Å². The number of aryl methyl sites for hydroxylation is 1. The molecule has 0 saturated carbocycles. The van der Waals surface area contributed by atoms with E-state index in [2.05, 4.69) is 0 Å². The number of phenols is 1. The molecule has 2 aliphatic heterocycles. The van der Waals surface area contributed by atoms with Crippen LogP contribution in [0.4, 0.5) is 8.78 Å². The predicted molar refractivity (Wildman–Crippen MR) is 127 cm³/mol. The number of benzene rings is 3. The van der Waals surface area contributed by atoms with Gasteiger partial charge in [-0.25, -0.2) is 13.6 Å². The number of esters is 1. The predicted octanol–water partition coefficient (Wildman–Crippen LogP) is 6.15. The van der Waals surface area contributed by atoms with Gasteiger partial charge >= 0.3 is 5.97 Å². The van der Waals surface area contributed by atoms with Gasteiger partial charge in [0.15, 0.2) is 0 Å². The molecule has 0 atom stereocenters. The zero-order chi connectivity index (χ0) is 24.3. The highest BCUT2D eigenvalue weighted by atomic mass is 19.1. The van der Waals surface area contributed by atoms with Gasteiger partial charge in [0, 0.05) is 47.7 Å². The van der Waals surface area contributed by atoms with Crippen LogP contribution in [0.3, 0.4) is 0 Å². The van der Waals surface area contributed by atoms with Crippen LogP contribution in [0.1, 0.15) is 45.9 Å². The fourth-order valence-corrected chi connectivity index (χ4v) is 5.37. The van der Waals surface area contributed by atoms with E-state index >= 15 is 0 Å². The lowest BCUT2D eigenvalue weighted by molar-refractivity contribution is 0.0535. The van der Waals surface area contributed by atoms with E-state index in [0.717, 1.165) is 41.3 Å². The van der Waals surface area contributed by atoms with Crippen molar-refractivity contribution in [2.75, 3.05) is 13.2 Å². The van der Waals surface area contributed by atoms with Gasteiger partial charge in [0.1, 0.15) is 24.0 Å². The van der Waals surface area contributed by atoms with Gasteiger partial charge in [0.25, 0.3) is 0 Å². The molecule has 0 spiro atoms. The zero-order valence-electron chi connectivity index (χ0n) is 19.1. The Hall–Kier alpha value is -3.71. The first-order chi connectivity index (χ1) is 16.9. The third-order valence-corrected chi connectivity index (χ3v) is 7.03. The summed E-state index contributed by atoms with van der Waals surface area (Å²) in [5.41, 5.74) is 5.42. The molecular formula is C28H23F2NO4. The van der Waals surface area contributed by atoms with Crippen LogP contribution in [0.15, 0.2) is 48.5 Å². The van der Waals surface area contributed by atoms with Gasteiger partial charge in [-0.05, 0) is 67.3 Å². The Kier molecular flexibility index (Phi) is 5.11. The third kappa shape index (κ3) is 3.49. The normalized spacial score (nSPS) is 16.0. The number of aromatic nitrogens is 1. The van der Waals surface area contributed by atoms with Crippen molar-refractivity contribution >= 4 is 16.9 Å². The van der Waals surface area contributed by atoms with Crippen molar-refractivity contribution in [3.8, 4) is 22.6 Å². The van der Waals surface area contributed by atoms with Crippen LogP contribution >= 0.6 is 0 Å². The number of carbonyl (C=O) groups excluding carboxylic acids is 1. The third-order valence-electron chi connectivity index (χ3n) is 7.03. The van der Waals surface area contributed by atoms with Gasteiger partial charge in [-0.1, -0.05) is 6.07 Å². The zero-order valence-corrected chi connectivity index (χ0v) is 19.1. The summed E-state index contributed by atoms with van der Waals surface area (Å²) in [4.78, 5) is 12.0. The van der Waals surface area contributed by atoms with Crippen LogP contribution in [0, 0.1) is 18.6 Å². The molecule has 1 aromatic heterocycles. The number of carbonyl (C=O) groups is 1. The minimum absolute atomic E-state index is 0.0603. The summed E-state index contributed by atoms with van der Waals surface area (Å²) < 4.78 is 41.6. The fraction of sp³-hybridized carbons (Fsp3) is 0.250. The second kappa shape index (κ2) is 8.20. The number of nitrogens with zero attached hydrogens (tertiary/aromatic N) is 1. The Morgan fingerprint density at radius 3 is 2.60 bits per heavy atom. The van der Waals surface area contributed by atoms with Crippen LogP contribution in [-0.2, 0) is 16.1 Å². The van der Waals surface area contributed by atoms with Gasteiger partial charge in [0.05, 0.1) is 16.5 Å². The molecule has 3 heterocycles. The average Bonchev–Trinajstić information content (AvgIpc) is 3.39. The monoisotopic (exact) mass is 475 g/mol. The van der Waals surface area contributed by atoms with Gasteiger partial charge in [-0.3, -0.25) is 0 Å². The molecule has 0 amide bonds. The maximum Gasteiger partial charge on any atom is 0.338 e. The van der Waals surface area contributed by atoms with Crippen LogP contribution in [0.5, 0.6) is 5.75 Å². The molecule has 1 fully saturated rings. The number of phenolic OH excluding ortho intramolecular Hbond substituents is 1. The molecule has 0 bridgehead atoms. The molecule has 1 saturated heterocycles. The topological polar surface area (TPSA) is 60.7 Å². The first kappa shape index (κ1) is 21.8. The molecule has 35 heavy (non-hydrogen) atoms. The van der Waals surface area contributed by atoms with E-state index in [9.17, 15) is 18.7 Å². The molecule has 1 N–H and O–H groups in total. The van der Waals surface area contributed by atoms with Crippen LogP contribution in [-0.4, -0.2) is 28.9 Å². The number of fused-ring (bicyclic) bond motifs is 2. The minimum atomic E-state index is -0.564. The Bertz CT molecular complexity index is 1500. The number of aromatic hydroxyl groups is 1. The molecule has 7 heteroatoms. The summed E-state index contributed by atoms with van der Waals surface area (Å²) in [5, 5.41) is 11.5. The summed E-state index contributed by atoms with van der Waals surface area (Å²) in [6, 6.07) is 12.8. The fourth-order valence-electron chi connectivity index (χ4n) is 5.37. The maximum atomic E-state index is 14.6. The van der Waals surface area contributed by atoms with Crippen LogP contribution in [0.25, 0.3) is 27.7 Å². The number of cyclic esters (lactones) is 1. The van der Waals surface area contributed by atoms with Crippen molar-refractivity contribution in [3.05, 3.63) is 82.5 Å². The highest BCUT2D eigenvalue weighted by Gasteiger charge is 2.31. The average molecular weight is 475 g/mol. The number of hydrogen-bond donors (Lipinski definition) is 1. The Morgan fingerprint density at radius 1 is 1.03 bits per heavy atom. The lowest BCUT2D eigenvalue weighted by atomic mass is 9.89. The molecule has 0 unspecified atom stereocenters. The SMILES string of the molecule is Cc1cc(-n2c(C3CCOCC3)c(-c3ccc4c(c3)COC4=O)c3c(O)cc(F)cc32)ccc1F. The van der Waals surface area contributed by atoms with E-state index in [1.807, 2.05) is 16.7 Å². The number of ether oxygens (including phenoxy) is 2. The van der Waals surface area contributed by atoms with E-state index in [0.29, 0.717) is 40.9 Å². The molecule has 4 aromatic rings. The standard InChI is InChI=1S/C28H23F2NO4/c1-15-10-20(3-5-22(15)30)31-23-12-19(29)13-24(32)26(23)25(27(31)16-6-8-34-9-7-16)17-2-4-21-18(11-17)14-35-28(21)33/h2-5,10-13,16,32H,6-9,14H2,1H3. The molecular weight excluding hydrogens is 452 g/mol. The Morgan fingerprint density at radius 2 is 1.83 bits per heavy atom. The number of hydrogen-bond acceptors (Lipinski definition) is 4. The largest absolute Gasteiger partial charge is 0.507 e. The summed E-state index contributed by atoms with van der Waals surface area (Å²) in [7, 11) is 0. The quantitative estimate of drug-likeness (QED) is 0.361. The number of halogens is 2. The Balaban J connectivity index is 1.72. The molecule has 6 rings (SSSR count). The van der Waals surface area contributed by atoms with Crippen molar-refractivity contribution < 1.29 is 28.2 Å². The van der Waals surface area contributed by atoms with E-state index in [1.165, 1.54) is 12.1 Å². The van der Waals surface area contributed by atoms with Gasteiger partial charge in [-0.15, -0.1) is 0 Å². The van der Waals surface area contributed by atoms with Crippen LogP contribution in [0.2, 0.25) is 0 Å². The molecule has 178 valence electrons. The van der Waals surface area contributed by atoms with Crippen molar-refractivity contribution in [3.63, 3.8) is 0 Å². The smallest absolute Gasteiger partial charge is 0.338 e. The first-order valence-corrected chi connectivity index (χ1v) is 11.6. The number of rotatable bonds is 3. The second-order valence-electron chi connectivity index (χ2n) is 9.18. The molecule has 2 aliphatic rings. The van der Waals surface area contributed by atoms with Gasteiger partial charge in [-0.2, -0.15) is 0 Å². The molecule has 0 radical (unpaired) electrons. The van der Waals surface area contributed by atoms with Crippen molar-refractivity contribution in [2.24, 2.45) is 0 Å². The maximum absolute atomic E-state index is 14.6. The highest BCUT2D eigenvalue weighted by Crippen LogP contribution is 2.47. The van der Waals surface area contributed by atoms with Crippen molar-refractivity contribution in [1.29, 1.82) is 0 Å². The summed E-state index contributed by atoms with van der Waals surface area (Å²) >= 11 is 0. The summed E-state index contributed by atoms with van der Waals surface area (Å²) in [6.07, 6.45) is 1.50. The highest BCUT2D eigenvalue weighted by molar-refractivity contribution is 6.04. The van der Waals surface area contributed by atoms with E-state index in [4.69, 9.17) is 9.47 Å². The lowest BCUT2D eigenvalue weighted by Crippen LogP contribution is -2.17. The van der Waals surface area contributed by atoms with Gasteiger partial charge in [0.2, 0.25) is 0 Å². The van der Waals surface area contributed by atoms with Gasteiger partial charge < -0.3 is 19.1 Å². The van der Waals surface area contributed by atoms with Crippen molar-refractivity contribution in [2.45, 2.75) is 32.3 Å². The minimum Gasteiger partial charge on any atom is -0.507 e. The van der Waals surface area contributed by atoms with E-state index in [-0.39, 0.29) is 30.1 Å². The summed E-state index contributed by atoms with van der Waals surface area (Å²) in [5.74, 6) is -1.36. The molecule has 3 aromatic carbocycles. The molecule has 0 aliphatic carbocycles. The summed E-state index contributed by atoms with van der Waals surface area (Å²) in [6.45, 7) is 3.04.